The molecule has 1 aromatic carbocycles. The van der Waals surface area contributed by atoms with E-state index >= 15 is 0 Å². The molecule has 0 radical (unpaired) electrons. The Hall–Kier alpha value is -0.260. The Labute approximate surface area is 108 Å². The molecule has 0 aromatic heterocycles. The molecule has 0 aliphatic carbocycles. The third kappa shape index (κ3) is 2.70. The Kier molecular flexibility index (Phi) is 4.26. The minimum atomic E-state index is -4.61. The minimum absolute atomic E-state index is 0.0950. The highest BCUT2D eigenvalue weighted by atomic mass is 79.9. The van der Waals surface area contributed by atoms with Gasteiger partial charge in [-0.05, 0) is 12.1 Å². The van der Waals surface area contributed by atoms with Gasteiger partial charge in [-0.15, -0.1) is 0 Å². The van der Waals surface area contributed by atoms with E-state index in [0.29, 0.717) is 0 Å². The summed E-state index contributed by atoms with van der Waals surface area (Å²) in [5.74, 6) is -0.596. The number of hydrogen-bond acceptors (Lipinski definition) is 1. The Morgan fingerprint density at radius 3 is 2.31 bits per heavy atom. The Balaban J connectivity index is 3.45. The van der Waals surface area contributed by atoms with Gasteiger partial charge in [-0.2, -0.15) is 13.2 Å². The lowest BCUT2D eigenvalue weighted by Gasteiger charge is -2.12. The van der Waals surface area contributed by atoms with Gasteiger partial charge >= 0.3 is 6.18 Å². The maximum atomic E-state index is 12.5. The minimum Gasteiger partial charge on any atom is -0.293 e. The first-order valence-electron chi connectivity index (χ1n) is 3.93. The number of carbonyl (C=O) groups is 1. The molecule has 1 aromatic rings. The van der Waals surface area contributed by atoms with Gasteiger partial charge in [0.05, 0.1) is 26.5 Å². The van der Waals surface area contributed by atoms with Crippen molar-refractivity contribution in [2.75, 3.05) is 5.33 Å². The van der Waals surface area contributed by atoms with Gasteiger partial charge in [0.15, 0.2) is 5.78 Å². The fraction of sp³-hybridized carbons (Fsp3) is 0.222. The van der Waals surface area contributed by atoms with Crippen LogP contribution in [-0.4, -0.2) is 11.1 Å². The molecule has 0 aliphatic rings. The molecular formula is C9H4BrCl2F3O. The summed E-state index contributed by atoms with van der Waals surface area (Å²) in [7, 11) is 0. The van der Waals surface area contributed by atoms with Crippen LogP contribution in [-0.2, 0) is 6.18 Å². The summed E-state index contributed by atoms with van der Waals surface area (Å²) >= 11 is 14.0. The van der Waals surface area contributed by atoms with Gasteiger partial charge in [0.25, 0.3) is 0 Å². The molecule has 0 heterocycles. The number of rotatable bonds is 2. The smallest absolute Gasteiger partial charge is 0.293 e. The monoisotopic (exact) mass is 334 g/mol. The molecule has 1 nitrogen and oxygen atoms in total. The lowest BCUT2D eigenvalue weighted by atomic mass is 10.1. The van der Waals surface area contributed by atoms with E-state index in [2.05, 4.69) is 15.9 Å². The summed E-state index contributed by atoms with van der Waals surface area (Å²) in [6, 6.07) is 1.75. The molecular weight excluding hydrogens is 332 g/mol. The van der Waals surface area contributed by atoms with E-state index in [4.69, 9.17) is 23.2 Å². The number of Topliss-reactive ketones (excluding diaryl/α,β-unsaturated/α-hetero) is 1. The topological polar surface area (TPSA) is 17.1 Å². The third-order valence-corrected chi connectivity index (χ3v) is 3.01. The fourth-order valence-corrected chi connectivity index (χ4v) is 2.06. The second-order valence-electron chi connectivity index (χ2n) is 2.84. The quantitative estimate of drug-likeness (QED) is 0.570. The summed E-state index contributed by atoms with van der Waals surface area (Å²) < 4.78 is 37.4. The first kappa shape index (κ1) is 13.8. The summed E-state index contributed by atoms with van der Waals surface area (Å²) in [4.78, 5) is 11.4. The van der Waals surface area contributed by atoms with Crippen LogP contribution in [0.25, 0.3) is 0 Å². The standard InChI is InChI=1S/C9H4BrCl2F3O/c10-3-6(16)7-5(11)2-1-4(8(7)12)9(13,14)15/h1-2H,3H2. The third-order valence-electron chi connectivity index (χ3n) is 1.80. The van der Waals surface area contributed by atoms with Crippen molar-refractivity contribution in [2.24, 2.45) is 0 Å². The molecule has 0 amide bonds. The Bertz CT molecular complexity index is 431. The van der Waals surface area contributed by atoms with Crippen LogP contribution < -0.4 is 0 Å². The molecule has 0 spiro atoms. The van der Waals surface area contributed by atoms with E-state index in [9.17, 15) is 18.0 Å². The molecule has 0 unspecified atom stereocenters. The van der Waals surface area contributed by atoms with Crippen LogP contribution in [0.15, 0.2) is 12.1 Å². The maximum absolute atomic E-state index is 12.5. The second kappa shape index (κ2) is 4.94. The first-order chi connectivity index (χ1) is 7.29. The molecule has 0 bridgehead atoms. The van der Waals surface area contributed by atoms with Gasteiger partial charge in [-0.3, -0.25) is 4.79 Å². The highest BCUT2D eigenvalue weighted by Gasteiger charge is 2.35. The molecule has 88 valence electrons. The molecule has 7 heteroatoms. The summed E-state index contributed by atoms with van der Waals surface area (Å²) in [6.45, 7) is 0. The average Bonchev–Trinajstić information content (AvgIpc) is 2.15. The normalized spacial score (nSPS) is 11.6. The van der Waals surface area contributed by atoms with Crippen molar-refractivity contribution in [2.45, 2.75) is 6.18 Å². The zero-order valence-corrected chi connectivity index (χ0v) is 10.6. The van der Waals surface area contributed by atoms with E-state index in [1.54, 1.807) is 0 Å². The number of halogens is 6. The van der Waals surface area contributed by atoms with Gasteiger partial charge in [0, 0.05) is 0 Å². The van der Waals surface area contributed by atoms with Crippen LogP contribution >= 0.6 is 39.1 Å². The van der Waals surface area contributed by atoms with Gasteiger partial charge in [0.1, 0.15) is 0 Å². The molecule has 0 atom stereocenters. The number of carbonyl (C=O) groups excluding carboxylic acids is 1. The largest absolute Gasteiger partial charge is 0.417 e. The van der Waals surface area contributed by atoms with Crippen molar-refractivity contribution in [1.29, 1.82) is 0 Å². The van der Waals surface area contributed by atoms with Gasteiger partial charge in [-0.25, -0.2) is 0 Å². The number of benzene rings is 1. The molecule has 0 saturated heterocycles. The first-order valence-corrected chi connectivity index (χ1v) is 5.81. The van der Waals surface area contributed by atoms with Crippen LogP contribution in [0.1, 0.15) is 15.9 Å². The van der Waals surface area contributed by atoms with E-state index < -0.39 is 22.5 Å². The predicted molar refractivity (Wildman–Crippen MR) is 59.6 cm³/mol. The Morgan fingerprint density at radius 1 is 1.31 bits per heavy atom. The van der Waals surface area contributed by atoms with Crippen LogP contribution in [0.4, 0.5) is 13.2 Å². The zero-order chi connectivity index (χ0) is 12.5. The molecule has 1 rings (SSSR count). The number of hydrogen-bond donors (Lipinski definition) is 0. The molecule has 16 heavy (non-hydrogen) atoms. The Morgan fingerprint density at radius 2 is 1.88 bits per heavy atom. The second-order valence-corrected chi connectivity index (χ2v) is 4.18. The van der Waals surface area contributed by atoms with Crippen molar-refractivity contribution in [1.82, 2.24) is 0 Å². The van der Waals surface area contributed by atoms with Gasteiger partial charge in [-0.1, -0.05) is 39.1 Å². The summed E-state index contributed by atoms with van der Waals surface area (Å²) in [6.07, 6.45) is -4.61. The van der Waals surface area contributed by atoms with Crippen molar-refractivity contribution in [3.8, 4) is 0 Å². The predicted octanol–water partition coefficient (Wildman–Crippen LogP) is 4.59. The number of ketones is 1. The fourth-order valence-electron chi connectivity index (χ4n) is 1.09. The lowest BCUT2D eigenvalue weighted by Crippen LogP contribution is -2.10. The molecule has 0 fully saturated rings. The van der Waals surface area contributed by atoms with Crippen LogP contribution in [0.3, 0.4) is 0 Å². The SMILES string of the molecule is O=C(CBr)c1c(Cl)ccc(C(F)(F)F)c1Cl. The van der Waals surface area contributed by atoms with Crippen molar-refractivity contribution >= 4 is 44.9 Å². The van der Waals surface area contributed by atoms with Crippen LogP contribution in [0, 0.1) is 0 Å². The zero-order valence-electron chi connectivity index (χ0n) is 7.54. The van der Waals surface area contributed by atoms with Gasteiger partial charge in [0.2, 0.25) is 0 Å². The van der Waals surface area contributed by atoms with Crippen LogP contribution in [0.5, 0.6) is 0 Å². The maximum Gasteiger partial charge on any atom is 0.417 e. The molecule has 0 saturated carbocycles. The molecule has 0 N–H and O–H groups in total. The van der Waals surface area contributed by atoms with E-state index in [1.165, 1.54) is 0 Å². The van der Waals surface area contributed by atoms with Crippen molar-refractivity contribution in [3.05, 3.63) is 33.3 Å². The summed E-state index contributed by atoms with van der Waals surface area (Å²) in [5.41, 5.74) is -1.38. The van der Waals surface area contributed by atoms with E-state index in [-0.39, 0.29) is 15.9 Å². The lowest BCUT2D eigenvalue weighted by molar-refractivity contribution is -0.137. The number of alkyl halides is 4. The van der Waals surface area contributed by atoms with Gasteiger partial charge < -0.3 is 0 Å². The highest BCUT2D eigenvalue weighted by Crippen LogP contribution is 2.38. The summed E-state index contributed by atoms with van der Waals surface area (Å²) in [5, 5.41) is -0.903. The van der Waals surface area contributed by atoms with Crippen molar-refractivity contribution in [3.63, 3.8) is 0 Å². The van der Waals surface area contributed by atoms with Crippen LogP contribution in [0.2, 0.25) is 10.0 Å². The van der Waals surface area contributed by atoms with E-state index in [0.717, 1.165) is 12.1 Å². The highest BCUT2D eigenvalue weighted by molar-refractivity contribution is 9.09. The average molecular weight is 336 g/mol. The molecule has 0 aliphatic heterocycles. The van der Waals surface area contributed by atoms with Crippen molar-refractivity contribution < 1.29 is 18.0 Å². The van der Waals surface area contributed by atoms with E-state index in [1.807, 2.05) is 0 Å².